The van der Waals surface area contributed by atoms with Crippen molar-refractivity contribution in [2.24, 2.45) is 0 Å². The third kappa shape index (κ3) is 4.03. The zero-order chi connectivity index (χ0) is 12.0. The number of alkyl halides is 1. The lowest BCUT2D eigenvalue weighted by molar-refractivity contribution is -0.136. The predicted octanol–water partition coefficient (Wildman–Crippen LogP) is 2.52. The molecule has 0 aliphatic heterocycles. The van der Waals surface area contributed by atoms with Crippen LogP contribution in [0.3, 0.4) is 0 Å². The maximum Gasteiger partial charge on any atom is 0.307 e. The summed E-state index contributed by atoms with van der Waals surface area (Å²) in [4.78, 5) is 22.0. The van der Waals surface area contributed by atoms with E-state index in [9.17, 15) is 9.59 Å². The van der Waals surface area contributed by atoms with Crippen LogP contribution in [-0.4, -0.2) is 22.7 Å². The second-order valence-electron chi connectivity index (χ2n) is 3.48. The lowest BCUT2D eigenvalue weighted by Crippen LogP contribution is -2.02. The molecule has 0 aliphatic rings. The number of benzene rings is 1. The molecule has 0 radical (unpaired) electrons. The van der Waals surface area contributed by atoms with Crippen LogP contribution in [0.5, 0.6) is 0 Å². The maximum atomic E-state index is 11.6. The van der Waals surface area contributed by atoms with Crippen molar-refractivity contribution < 1.29 is 14.7 Å². The average Bonchev–Trinajstić information content (AvgIpc) is 2.26. The highest BCUT2D eigenvalue weighted by molar-refractivity contribution is 6.18. The van der Waals surface area contributed by atoms with Crippen molar-refractivity contribution in [3.8, 4) is 0 Å². The molecule has 1 aromatic rings. The minimum Gasteiger partial charge on any atom is -0.481 e. The van der Waals surface area contributed by atoms with Crippen molar-refractivity contribution in [2.45, 2.75) is 19.3 Å². The minimum atomic E-state index is -0.874. The molecule has 0 heterocycles. The van der Waals surface area contributed by atoms with Crippen LogP contribution in [0.25, 0.3) is 0 Å². The highest BCUT2D eigenvalue weighted by Crippen LogP contribution is 2.09. The number of Topliss-reactive ketones (excluding diaryl/α,β-unsaturated/α-hetero) is 1. The van der Waals surface area contributed by atoms with Crippen LogP contribution in [0.1, 0.15) is 28.8 Å². The molecule has 1 rings (SSSR count). The van der Waals surface area contributed by atoms with Crippen molar-refractivity contribution in [3.05, 3.63) is 35.4 Å². The molecule has 0 fully saturated rings. The van der Waals surface area contributed by atoms with Gasteiger partial charge in [0, 0.05) is 17.9 Å². The molecule has 0 aromatic heterocycles. The molecule has 1 N–H and O–H groups in total. The van der Waals surface area contributed by atoms with Crippen LogP contribution in [0.2, 0.25) is 0 Å². The van der Waals surface area contributed by atoms with E-state index in [1.165, 1.54) is 0 Å². The molecular formula is C12H13ClO3. The number of carbonyl (C=O) groups excluding carboxylic acids is 1. The van der Waals surface area contributed by atoms with Crippen LogP contribution in [0.4, 0.5) is 0 Å². The highest BCUT2D eigenvalue weighted by Gasteiger charge is 2.06. The summed E-state index contributed by atoms with van der Waals surface area (Å²) in [6.45, 7) is 0. The Balaban J connectivity index is 2.63. The fraction of sp³-hybridized carbons (Fsp3) is 0.333. The van der Waals surface area contributed by atoms with Gasteiger partial charge >= 0.3 is 5.97 Å². The molecule has 0 atom stereocenters. The summed E-state index contributed by atoms with van der Waals surface area (Å²) in [5, 5.41) is 8.58. The Hall–Kier alpha value is -1.35. The molecule has 0 saturated heterocycles. The van der Waals surface area contributed by atoms with Gasteiger partial charge < -0.3 is 5.11 Å². The van der Waals surface area contributed by atoms with Crippen molar-refractivity contribution in [3.63, 3.8) is 0 Å². The normalized spacial score (nSPS) is 10.1. The zero-order valence-corrected chi connectivity index (χ0v) is 9.54. The van der Waals surface area contributed by atoms with E-state index in [0.717, 1.165) is 0 Å². The molecule has 0 amide bonds. The number of ketones is 1. The quantitative estimate of drug-likeness (QED) is 0.614. The van der Waals surface area contributed by atoms with Gasteiger partial charge in [-0.1, -0.05) is 24.3 Å². The molecule has 3 nitrogen and oxygen atoms in total. The smallest absolute Gasteiger partial charge is 0.307 e. The lowest BCUT2D eigenvalue weighted by atomic mass is 10.0. The van der Waals surface area contributed by atoms with E-state index in [0.29, 0.717) is 29.8 Å². The van der Waals surface area contributed by atoms with Gasteiger partial charge in [-0.25, -0.2) is 0 Å². The fourth-order valence-electron chi connectivity index (χ4n) is 1.35. The number of rotatable bonds is 6. The van der Waals surface area contributed by atoms with Gasteiger partial charge in [0.25, 0.3) is 0 Å². The number of carboxylic acid groups (broad SMARTS) is 1. The number of aliphatic carboxylic acids is 1. The molecule has 0 aliphatic carbocycles. The first-order valence-corrected chi connectivity index (χ1v) is 5.57. The second-order valence-corrected chi connectivity index (χ2v) is 3.86. The van der Waals surface area contributed by atoms with Crippen LogP contribution in [-0.2, 0) is 11.2 Å². The molecule has 1 aromatic carbocycles. The number of hydrogen-bond acceptors (Lipinski definition) is 2. The Morgan fingerprint density at radius 3 is 2.31 bits per heavy atom. The van der Waals surface area contributed by atoms with E-state index in [1.54, 1.807) is 24.3 Å². The van der Waals surface area contributed by atoms with Gasteiger partial charge in [-0.05, 0) is 12.0 Å². The topological polar surface area (TPSA) is 54.4 Å². The van der Waals surface area contributed by atoms with E-state index in [1.807, 2.05) is 0 Å². The molecule has 16 heavy (non-hydrogen) atoms. The summed E-state index contributed by atoms with van der Waals surface area (Å²) in [6, 6.07) is 6.66. The standard InChI is InChI=1S/C12H13ClO3/c13-7-1-2-11(14)10-5-3-9(4-6-10)8-12(15)16/h3-6H,1-2,7-8H2,(H,15,16). The highest BCUT2D eigenvalue weighted by atomic mass is 35.5. The third-order valence-electron chi connectivity index (χ3n) is 2.17. The molecule has 0 spiro atoms. The van der Waals surface area contributed by atoms with Gasteiger partial charge in [0.1, 0.15) is 0 Å². The molecule has 0 unspecified atom stereocenters. The van der Waals surface area contributed by atoms with E-state index in [-0.39, 0.29) is 12.2 Å². The number of carbonyl (C=O) groups is 2. The Morgan fingerprint density at radius 1 is 1.19 bits per heavy atom. The summed E-state index contributed by atoms with van der Waals surface area (Å²) in [7, 11) is 0. The third-order valence-corrected chi connectivity index (χ3v) is 2.44. The summed E-state index contributed by atoms with van der Waals surface area (Å²) < 4.78 is 0. The molecule has 86 valence electrons. The van der Waals surface area contributed by atoms with Gasteiger partial charge in [0.05, 0.1) is 6.42 Å². The van der Waals surface area contributed by atoms with E-state index >= 15 is 0 Å². The summed E-state index contributed by atoms with van der Waals surface area (Å²) in [6.07, 6.45) is 1.08. The summed E-state index contributed by atoms with van der Waals surface area (Å²) >= 11 is 5.50. The molecule has 0 saturated carbocycles. The SMILES string of the molecule is O=C(O)Cc1ccc(C(=O)CCCCl)cc1. The largest absolute Gasteiger partial charge is 0.481 e. The van der Waals surface area contributed by atoms with Gasteiger partial charge in [-0.15, -0.1) is 11.6 Å². The predicted molar refractivity (Wildman–Crippen MR) is 62.1 cm³/mol. The Labute approximate surface area is 99.0 Å². The lowest BCUT2D eigenvalue weighted by Gasteiger charge is -2.01. The van der Waals surface area contributed by atoms with Gasteiger partial charge in [-0.3, -0.25) is 9.59 Å². The van der Waals surface area contributed by atoms with Crippen LogP contribution < -0.4 is 0 Å². The van der Waals surface area contributed by atoms with E-state index in [4.69, 9.17) is 16.7 Å². The van der Waals surface area contributed by atoms with E-state index in [2.05, 4.69) is 0 Å². The number of halogens is 1. The first-order chi connectivity index (χ1) is 7.63. The van der Waals surface area contributed by atoms with Gasteiger partial charge in [0.15, 0.2) is 5.78 Å². The summed E-state index contributed by atoms with van der Waals surface area (Å²) in [5.74, 6) is -0.355. The first kappa shape index (κ1) is 12.7. The van der Waals surface area contributed by atoms with Crippen molar-refractivity contribution in [2.75, 3.05) is 5.88 Å². The fourth-order valence-corrected chi connectivity index (χ4v) is 1.49. The average molecular weight is 241 g/mol. The van der Waals surface area contributed by atoms with Gasteiger partial charge in [-0.2, -0.15) is 0 Å². The minimum absolute atomic E-state index is 0.0177. The number of carboxylic acids is 1. The van der Waals surface area contributed by atoms with Crippen LogP contribution >= 0.6 is 11.6 Å². The molecule has 0 bridgehead atoms. The molecular weight excluding hydrogens is 228 g/mol. The number of hydrogen-bond donors (Lipinski definition) is 1. The van der Waals surface area contributed by atoms with Crippen molar-refractivity contribution in [1.82, 2.24) is 0 Å². The molecule has 4 heteroatoms. The second kappa shape index (κ2) is 6.28. The van der Waals surface area contributed by atoms with Crippen LogP contribution in [0.15, 0.2) is 24.3 Å². The zero-order valence-electron chi connectivity index (χ0n) is 8.78. The van der Waals surface area contributed by atoms with Crippen molar-refractivity contribution >= 4 is 23.4 Å². The maximum absolute atomic E-state index is 11.6. The van der Waals surface area contributed by atoms with Crippen LogP contribution in [0, 0.1) is 0 Å². The Morgan fingerprint density at radius 2 is 1.81 bits per heavy atom. The van der Waals surface area contributed by atoms with Gasteiger partial charge in [0.2, 0.25) is 0 Å². The Kier molecular flexibility index (Phi) is 4.99. The van der Waals surface area contributed by atoms with E-state index < -0.39 is 5.97 Å². The first-order valence-electron chi connectivity index (χ1n) is 5.03. The summed E-state index contributed by atoms with van der Waals surface area (Å²) in [5.41, 5.74) is 1.31. The monoisotopic (exact) mass is 240 g/mol. The Bertz CT molecular complexity index is 370. The van der Waals surface area contributed by atoms with Crippen molar-refractivity contribution in [1.29, 1.82) is 0 Å².